The highest BCUT2D eigenvalue weighted by Crippen LogP contribution is 2.39. The van der Waals surface area contributed by atoms with E-state index in [-0.39, 0.29) is 5.38 Å². The minimum absolute atomic E-state index is 0.340. The minimum atomic E-state index is -0.340. The van der Waals surface area contributed by atoms with E-state index in [2.05, 4.69) is 22.6 Å². The van der Waals surface area contributed by atoms with E-state index in [1.807, 2.05) is 31.2 Å². The van der Waals surface area contributed by atoms with E-state index in [4.69, 9.17) is 39.5 Å². The Bertz CT molecular complexity index is 599. The summed E-state index contributed by atoms with van der Waals surface area (Å²) in [5.41, 5.74) is 1.76. The lowest BCUT2D eigenvalue weighted by Crippen LogP contribution is -1.98. The molecule has 0 aliphatic heterocycles. The molecule has 1 nitrogen and oxygen atoms in total. The van der Waals surface area contributed by atoms with Crippen LogP contribution in [0.2, 0.25) is 10.0 Å². The second-order valence-electron chi connectivity index (χ2n) is 4.15. The van der Waals surface area contributed by atoms with Crippen LogP contribution in [-0.2, 0) is 0 Å². The van der Waals surface area contributed by atoms with Gasteiger partial charge in [0.25, 0.3) is 0 Å². The van der Waals surface area contributed by atoms with Crippen LogP contribution < -0.4 is 4.74 Å². The second kappa shape index (κ2) is 7.21. The van der Waals surface area contributed by atoms with Gasteiger partial charge in [-0.15, -0.1) is 11.6 Å². The third kappa shape index (κ3) is 3.73. The van der Waals surface area contributed by atoms with Gasteiger partial charge in [0.05, 0.1) is 17.0 Å². The molecule has 2 aromatic carbocycles. The quantitative estimate of drug-likeness (QED) is 0.398. The van der Waals surface area contributed by atoms with E-state index in [1.165, 1.54) is 0 Å². The molecule has 2 aromatic rings. The summed E-state index contributed by atoms with van der Waals surface area (Å²) >= 11 is 21.2. The Morgan fingerprint density at radius 2 is 1.75 bits per heavy atom. The van der Waals surface area contributed by atoms with Gasteiger partial charge >= 0.3 is 0 Å². The number of alkyl halides is 1. The van der Waals surface area contributed by atoms with E-state index >= 15 is 0 Å². The van der Waals surface area contributed by atoms with Crippen LogP contribution in [0.1, 0.15) is 23.4 Å². The van der Waals surface area contributed by atoms with Crippen LogP contribution in [0.15, 0.2) is 36.4 Å². The average Bonchev–Trinajstić information content (AvgIpc) is 2.43. The van der Waals surface area contributed by atoms with Crippen LogP contribution in [0.3, 0.4) is 0 Å². The van der Waals surface area contributed by atoms with Gasteiger partial charge in [0, 0.05) is 14.7 Å². The Kier molecular flexibility index (Phi) is 5.84. The smallest absolute Gasteiger partial charge is 0.139 e. The van der Waals surface area contributed by atoms with Crippen LogP contribution in [0.4, 0.5) is 0 Å². The van der Waals surface area contributed by atoms with Crippen LogP contribution in [0.5, 0.6) is 5.75 Å². The lowest BCUT2D eigenvalue weighted by molar-refractivity contribution is 0.340. The van der Waals surface area contributed by atoms with E-state index in [1.54, 1.807) is 12.1 Å². The fourth-order valence-corrected chi connectivity index (χ4v) is 3.05. The maximum Gasteiger partial charge on any atom is 0.139 e. The summed E-state index contributed by atoms with van der Waals surface area (Å²) in [4.78, 5) is 0. The topological polar surface area (TPSA) is 9.23 Å². The Balaban J connectivity index is 2.37. The van der Waals surface area contributed by atoms with Gasteiger partial charge in [-0.25, -0.2) is 0 Å². The van der Waals surface area contributed by atoms with Crippen molar-refractivity contribution in [2.24, 2.45) is 0 Å². The maximum atomic E-state index is 6.50. The summed E-state index contributed by atoms with van der Waals surface area (Å²) in [7, 11) is 0. The van der Waals surface area contributed by atoms with Crippen LogP contribution >= 0.6 is 57.4 Å². The van der Waals surface area contributed by atoms with E-state index in [9.17, 15) is 0 Å². The monoisotopic (exact) mass is 440 g/mol. The van der Waals surface area contributed by atoms with E-state index < -0.39 is 0 Å². The third-order valence-electron chi connectivity index (χ3n) is 2.79. The normalized spacial score (nSPS) is 12.2. The molecule has 0 N–H and O–H groups in total. The molecule has 5 heteroatoms. The molecular formula is C15H12Cl3IO. The summed E-state index contributed by atoms with van der Waals surface area (Å²) in [6.07, 6.45) is 0. The molecule has 0 aliphatic carbocycles. The zero-order valence-corrected chi connectivity index (χ0v) is 15.1. The molecule has 0 spiro atoms. The summed E-state index contributed by atoms with van der Waals surface area (Å²) in [6.45, 7) is 2.44. The average molecular weight is 442 g/mol. The van der Waals surface area contributed by atoms with Gasteiger partial charge in [0.15, 0.2) is 0 Å². The zero-order chi connectivity index (χ0) is 14.7. The van der Waals surface area contributed by atoms with Gasteiger partial charge in [-0.3, -0.25) is 0 Å². The molecule has 1 atom stereocenters. The standard InChI is InChI=1S/C15H12Cl3IO/c1-2-20-14-8-12(16)11(7-13(14)17)15(18)9-3-5-10(19)6-4-9/h3-8,15H,2H2,1H3. The van der Waals surface area contributed by atoms with Crippen molar-refractivity contribution in [1.29, 1.82) is 0 Å². The van der Waals surface area contributed by atoms with Crippen molar-refractivity contribution in [3.8, 4) is 5.75 Å². The number of rotatable bonds is 4. The molecule has 1 unspecified atom stereocenters. The summed E-state index contributed by atoms with van der Waals surface area (Å²) in [5.74, 6) is 0.578. The lowest BCUT2D eigenvalue weighted by atomic mass is 10.0. The van der Waals surface area contributed by atoms with Gasteiger partial charge in [-0.2, -0.15) is 0 Å². The molecular weight excluding hydrogens is 429 g/mol. The highest BCUT2D eigenvalue weighted by molar-refractivity contribution is 14.1. The molecule has 0 saturated carbocycles. The molecule has 0 amide bonds. The third-order valence-corrected chi connectivity index (χ3v) is 4.62. The lowest BCUT2D eigenvalue weighted by Gasteiger charge is -2.15. The summed E-state index contributed by atoms with van der Waals surface area (Å²) in [6, 6.07) is 11.5. The molecule has 20 heavy (non-hydrogen) atoms. The van der Waals surface area contributed by atoms with Crippen molar-refractivity contribution < 1.29 is 4.74 Å². The predicted molar refractivity (Wildman–Crippen MR) is 94.5 cm³/mol. The first-order valence-electron chi connectivity index (χ1n) is 6.04. The van der Waals surface area contributed by atoms with Crippen LogP contribution in [-0.4, -0.2) is 6.61 Å². The summed E-state index contributed by atoms with van der Waals surface area (Å²) in [5, 5.41) is 0.728. The molecule has 0 aromatic heterocycles. The largest absolute Gasteiger partial charge is 0.492 e. The Labute approximate surface area is 147 Å². The molecule has 106 valence electrons. The zero-order valence-electron chi connectivity index (χ0n) is 10.7. The first-order valence-corrected chi connectivity index (χ1v) is 8.31. The molecule has 0 fully saturated rings. The number of benzene rings is 2. The number of ether oxygens (including phenoxy) is 1. The molecule has 0 bridgehead atoms. The Morgan fingerprint density at radius 1 is 1.10 bits per heavy atom. The van der Waals surface area contributed by atoms with Crippen molar-refractivity contribution in [1.82, 2.24) is 0 Å². The molecule has 0 heterocycles. The molecule has 2 rings (SSSR count). The summed E-state index contributed by atoms with van der Waals surface area (Å²) < 4.78 is 6.57. The van der Waals surface area contributed by atoms with Gasteiger partial charge < -0.3 is 4.74 Å². The Morgan fingerprint density at radius 3 is 2.35 bits per heavy atom. The van der Waals surface area contributed by atoms with Crippen LogP contribution in [0.25, 0.3) is 0 Å². The maximum absolute atomic E-state index is 6.50. The van der Waals surface area contributed by atoms with Gasteiger partial charge in [-0.1, -0.05) is 35.3 Å². The number of hydrogen-bond acceptors (Lipinski definition) is 1. The Hall–Kier alpha value is -0.160. The number of hydrogen-bond donors (Lipinski definition) is 0. The highest BCUT2D eigenvalue weighted by atomic mass is 127. The van der Waals surface area contributed by atoms with Gasteiger partial charge in [0.2, 0.25) is 0 Å². The first-order chi connectivity index (χ1) is 9.52. The second-order valence-corrected chi connectivity index (χ2v) is 6.65. The van der Waals surface area contributed by atoms with Crippen molar-refractivity contribution in [3.05, 3.63) is 61.1 Å². The van der Waals surface area contributed by atoms with Gasteiger partial charge in [-0.05, 0) is 58.8 Å². The van der Waals surface area contributed by atoms with Crippen molar-refractivity contribution >= 4 is 57.4 Å². The molecule has 0 aliphatic rings. The van der Waals surface area contributed by atoms with E-state index in [0.717, 1.165) is 14.7 Å². The van der Waals surface area contributed by atoms with Crippen molar-refractivity contribution in [2.45, 2.75) is 12.3 Å². The molecule has 0 radical (unpaired) electrons. The van der Waals surface area contributed by atoms with Crippen LogP contribution in [0, 0.1) is 3.57 Å². The fraction of sp³-hybridized carbons (Fsp3) is 0.200. The first kappa shape index (κ1) is 16.2. The van der Waals surface area contributed by atoms with E-state index in [0.29, 0.717) is 22.4 Å². The van der Waals surface area contributed by atoms with Gasteiger partial charge in [0.1, 0.15) is 5.75 Å². The number of halogens is 4. The fourth-order valence-electron chi connectivity index (χ4n) is 1.82. The SMILES string of the molecule is CCOc1cc(Cl)c(C(Cl)c2ccc(I)cc2)cc1Cl. The minimum Gasteiger partial charge on any atom is -0.492 e. The predicted octanol–water partition coefficient (Wildman–Crippen LogP) is 6.32. The highest BCUT2D eigenvalue weighted by Gasteiger charge is 2.17. The van der Waals surface area contributed by atoms with Crippen molar-refractivity contribution in [3.63, 3.8) is 0 Å². The molecule has 0 saturated heterocycles. The van der Waals surface area contributed by atoms with Crippen molar-refractivity contribution in [2.75, 3.05) is 6.61 Å².